The van der Waals surface area contributed by atoms with E-state index in [1.54, 1.807) is 17.5 Å². The molecule has 5 aromatic rings. The highest BCUT2D eigenvalue weighted by Crippen LogP contribution is 2.38. The maximum absolute atomic E-state index is 10.7. The first-order valence-electron chi connectivity index (χ1n) is 13.9. The second-order valence-electron chi connectivity index (χ2n) is 11.0. The van der Waals surface area contributed by atoms with E-state index in [9.17, 15) is 5.11 Å². The van der Waals surface area contributed by atoms with Crippen molar-refractivity contribution in [1.29, 1.82) is 0 Å². The topological polar surface area (TPSA) is 86.6 Å². The summed E-state index contributed by atoms with van der Waals surface area (Å²) in [4.78, 5) is 18.7. The Morgan fingerprint density at radius 1 is 1.02 bits per heavy atom. The van der Waals surface area contributed by atoms with Gasteiger partial charge in [0.1, 0.15) is 17.3 Å². The van der Waals surface area contributed by atoms with Crippen molar-refractivity contribution in [2.75, 3.05) is 37.4 Å². The van der Waals surface area contributed by atoms with E-state index in [-0.39, 0.29) is 6.04 Å². The molecule has 0 amide bonds. The van der Waals surface area contributed by atoms with Gasteiger partial charge < -0.3 is 25.0 Å². The van der Waals surface area contributed by atoms with Gasteiger partial charge >= 0.3 is 0 Å². The molecule has 0 spiro atoms. The van der Waals surface area contributed by atoms with Crippen LogP contribution >= 0.6 is 11.3 Å². The molecule has 2 aromatic carbocycles. The number of rotatable bonds is 7. The summed E-state index contributed by atoms with van der Waals surface area (Å²) in [5.41, 5.74) is 4.99. The smallest absolute Gasteiger partial charge is 0.184 e. The molecule has 9 heteroatoms. The third-order valence-corrected chi connectivity index (χ3v) is 8.99. The molecule has 7 rings (SSSR count). The first-order chi connectivity index (χ1) is 20.0. The Kier molecular flexibility index (Phi) is 6.78. The van der Waals surface area contributed by atoms with E-state index >= 15 is 0 Å². The SMILES string of the molecule is CN(C)[C@H]1CCN(c2cc(Oc3ccc4nc(N[C@@H]5c6ccccc6C[C@@H]5O)sc4c3)cc(-c3cccnc3)n2)C1. The summed E-state index contributed by atoms with van der Waals surface area (Å²) in [6.07, 6.45) is 4.88. The molecule has 0 radical (unpaired) electrons. The number of hydrogen-bond acceptors (Lipinski definition) is 9. The van der Waals surface area contributed by atoms with Gasteiger partial charge in [-0.3, -0.25) is 4.98 Å². The molecule has 41 heavy (non-hydrogen) atoms. The number of nitrogens with zero attached hydrogens (tertiary/aromatic N) is 5. The monoisotopic (exact) mass is 564 g/mol. The predicted octanol–water partition coefficient (Wildman–Crippen LogP) is 5.76. The van der Waals surface area contributed by atoms with Crippen molar-refractivity contribution < 1.29 is 9.84 Å². The zero-order valence-corrected chi connectivity index (χ0v) is 23.9. The number of anilines is 2. The van der Waals surface area contributed by atoms with Crippen molar-refractivity contribution >= 4 is 32.5 Å². The number of aliphatic hydroxyl groups is 1. The van der Waals surface area contributed by atoms with E-state index in [0.717, 1.165) is 69.0 Å². The lowest BCUT2D eigenvalue weighted by Gasteiger charge is -2.22. The lowest BCUT2D eigenvalue weighted by molar-refractivity contribution is 0.166. The van der Waals surface area contributed by atoms with Gasteiger partial charge in [0.05, 0.1) is 28.1 Å². The summed E-state index contributed by atoms with van der Waals surface area (Å²) in [5.74, 6) is 2.38. The molecule has 3 atom stereocenters. The number of pyridine rings is 2. The maximum atomic E-state index is 10.7. The first kappa shape index (κ1) is 25.9. The van der Waals surface area contributed by atoms with Crippen LogP contribution in [-0.2, 0) is 6.42 Å². The number of nitrogens with one attached hydrogen (secondary N) is 1. The molecule has 4 heterocycles. The number of fused-ring (bicyclic) bond motifs is 2. The van der Waals surface area contributed by atoms with Crippen molar-refractivity contribution in [3.8, 4) is 22.8 Å². The van der Waals surface area contributed by atoms with Crippen molar-refractivity contribution in [3.63, 3.8) is 0 Å². The summed E-state index contributed by atoms with van der Waals surface area (Å²) in [6, 6.07) is 22.4. The molecule has 2 aliphatic rings. The molecule has 8 nitrogen and oxygen atoms in total. The zero-order chi connectivity index (χ0) is 27.9. The van der Waals surface area contributed by atoms with Gasteiger partial charge in [0.15, 0.2) is 5.13 Å². The minimum atomic E-state index is -0.475. The number of aromatic nitrogens is 3. The minimum absolute atomic E-state index is 0.165. The summed E-state index contributed by atoms with van der Waals surface area (Å²) in [6.45, 7) is 1.88. The van der Waals surface area contributed by atoms with Crippen LogP contribution in [0.2, 0.25) is 0 Å². The minimum Gasteiger partial charge on any atom is -0.457 e. The Balaban J connectivity index is 1.16. The average molecular weight is 565 g/mol. The van der Waals surface area contributed by atoms with Crippen molar-refractivity contribution in [2.24, 2.45) is 0 Å². The van der Waals surface area contributed by atoms with Gasteiger partial charge in [-0.2, -0.15) is 0 Å². The molecule has 1 aliphatic heterocycles. The van der Waals surface area contributed by atoms with Crippen LogP contribution in [0.15, 0.2) is 79.1 Å². The number of thiazole rings is 1. The summed E-state index contributed by atoms with van der Waals surface area (Å²) in [7, 11) is 4.26. The average Bonchev–Trinajstić information content (AvgIpc) is 3.71. The molecule has 3 aromatic heterocycles. The third-order valence-electron chi connectivity index (χ3n) is 8.04. The predicted molar refractivity (Wildman–Crippen MR) is 164 cm³/mol. The van der Waals surface area contributed by atoms with E-state index in [2.05, 4.69) is 46.3 Å². The molecule has 1 aliphatic carbocycles. The Bertz CT molecular complexity index is 1690. The molecule has 1 saturated heterocycles. The molecule has 208 valence electrons. The van der Waals surface area contributed by atoms with Crippen LogP contribution in [0.5, 0.6) is 11.5 Å². The number of benzene rings is 2. The highest BCUT2D eigenvalue weighted by molar-refractivity contribution is 7.22. The molecule has 2 N–H and O–H groups in total. The van der Waals surface area contributed by atoms with Gasteiger partial charge in [0, 0.05) is 61.7 Å². The van der Waals surface area contributed by atoms with Gasteiger partial charge in [-0.05, 0) is 55.9 Å². The molecule has 0 unspecified atom stereocenters. The highest BCUT2D eigenvalue weighted by Gasteiger charge is 2.31. The van der Waals surface area contributed by atoms with Crippen molar-refractivity contribution in [2.45, 2.75) is 31.0 Å². The standard InChI is InChI=1S/C32H32N6O2S/c1-37(2)22-11-13-38(19-22)30-17-24(15-27(34-30)21-7-5-12-33-18-21)40-23-9-10-26-29(16-23)41-32(35-26)36-31-25-8-4-3-6-20(25)14-28(31)39/h3-10,12,15-18,22,28,31,39H,11,13-14,19H2,1-2H3,(H,35,36)/t22-,28-,31+/m0/s1. The molecule has 0 saturated carbocycles. The summed E-state index contributed by atoms with van der Waals surface area (Å²) in [5, 5.41) is 14.9. The van der Waals surface area contributed by atoms with E-state index < -0.39 is 6.10 Å². The van der Waals surface area contributed by atoms with Crippen molar-refractivity contribution in [3.05, 3.63) is 90.3 Å². The normalized spacial score (nSPS) is 20.1. The number of aliphatic hydroxyl groups excluding tert-OH is 1. The Labute approximate surface area is 243 Å². The second-order valence-corrected chi connectivity index (χ2v) is 12.0. The van der Waals surface area contributed by atoms with Crippen LogP contribution < -0.4 is 15.0 Å². The largest absolute Gasteiger partial charge is 0.457 e. The lowest BCUT2D eigenvalue weighted by Crippen LogP contribution is -2.31. The van der Waals surface area contributed by atoms with E-state index in [1.807, 2.05) is 60.8 Å². The first-order valence-corrected chi connectivity index (χ1v) is 14.8. The van der Waals surface area contributed by atoms with Gasteiger partial charge in [0.2, 0.25) is 0 Å². The van der Waals surface area contributed by atoms with Crippen LogP contribution in [0.3, 0.4) is 0 Å². The fraction of sp³-hybridized carbons (Fsp3) is 0.281. The second kappa shape index (κ2) is 10.7. The lowest BCUT2D eigenvalue weighted by atomic mass is 10.1. The fourth-order valence-corrected chi connectivity index (χ4v) is 6.72. The van der Waals surface area contributed by atoms with Gasteiger partial charge in [-0.1, -0.05) is 35.6 Å². The molecular formula is C32H32N6O2S. The molecule has 1 fully saturated rings. The number of hydrogen-bond donors (Lipinski definition) is 2. The van der Waals surface area contributed by atoms with Crippen LogP contribution in [-0.4, -0.2) is 64.3 Å². The zero-order valence-electron chi connectivity index (χ0n) is 23.1. The quantitative estimate of drug-likeness (QED) is 0.258. The van der Waals surface area contributed by atoms with E-state index in [1.165, 1.54) is 5.56 Å². The van der Waals surface area contributed by atoms with E-state index in [0.29, 0.717) is 12.5 Å². The summed E-state index contributed by atoms with van der Waals surface area (Å²) < 4.78 is 7.47. The molecule has 0 bridgehead atoms. The Hall–Kier alpha value is -4.05. The van der Waals surface area contributed by atoms with E-state index in [4.69, 9.17) is 14.7 Å². The van der Waals surface area contributed by atoms with Gasteiger partial charge in [-0.15, -0.1) is 0 Å². The highest BCUT2D eigenvalue weighted by atomic mass is 32.1. The number of ether oxygens (including phenoxy) is 1. The van der Waals surface area contributed by atoms with Gasteiger partial charge in [0.25, 0.3) is 0 Å². The van der Waals surface area contributed by atoms with Crippen LogP contribution in [0.25, 0.3) is 21.5 Å². The number of likely N-dealkylation sites (N-methyl/N-ethyl adjacent to an activating group) is 1. The van der Waals surface area contributed by atoms with Gasteiger partial charge in [-0.25, -0.2) is 9.97 Å². The Morgan fingerprint density at radius 2 is 1.93 bits per heavy atom. The Morgan fingerprint density at radius 3 is 2.76 bits per heavy atom. The molecular weight excluding hydrogens is 532 g/mol. The van der Waals surface area contributed by atoms with Crippen LogP contribution in [0.1, 0.15) is 23.6 Å². The summed E-state index contributed by atoms with van der Waals surface area (Å²) >= 11 is 1.57. The fourth-order valence-electron chi connectivity index (χ4n) is 5.79. The maximum Gasteiger partial charge on any atom is 0.184 e. The van der Waals surface area contributed by atoms with Crippen LogP contribution in [0, 0.1) is 0 Å². The van der Waals surface area contributed by atoms with Crippen LogP contribution in [0.4, 0.5) is 10.9 Å². The third kappa shape index (κ3) is 5.24. The van der Waals surface area contributed by atoms with Crippen molar-refractivity contribution in [1.82, 2.24) is 19.9 Å².